The highest BCUT2D eigenvalue weighted by molar-refractivity contribution is 7.90. The molecule has 0 aromatic heterocycles. The zero-order chi connectivity index (χ0) is 17.5. The lowest BCUT2D eigenvalue weighted by molar-refractivity contribution is 0.521. The highest BCUT2D eigenvalue weighted by atomic mass is 32.2. The van der Waals surface area contributed by atoms with Gasteiger partial charge in [0.25, 0.3) is 0 Å². The van der Waals surface area contributed by atoms with Gasteiger partial charge in [0.15, 0.2) is 9.84 Å². The summed E-state index contributed by atoms with van der Waals surface area (Å²) in [5.41, 5.74) is 2.00. The molecule has 2 aromatic carbocycles. The number of hydrogen-bond donors (Lipinski definition) is 0. The Balaban J connectivity index is 2.09. The first-order valence-corrected chi connectivity index (χ1v) is 9.02. The lowest BCUT2D eigenvalue weighted by Gasteiger charge is -2.12. The summed E-state index contributed by atoms with van der Waals surface area (Å²) >= 11 is 0. The van der Waals surface area contributed by atoms with E-state index in [0.717, 1.165) is 18.4 Å². The summed E-state index contributed by atoms with van der Waals surface area (Å²) in [6.45, 7) is 0. The second kappa shape index (κ2) is 5.94. The number of hydrogen-bond acceptors (Lipinski definition) is 2. The van der Waals surface area contributed by atoms with E-state index in [0.29, 0.717) is 23.1 Å². The average molecular weight is 350 g/mol. The first kappa shape index (κ1) is 16.5. The van der Waals surface area contributed by atoms with E-state index in [1.165, 1.54) is 12.1 Å². The van der Waals surface area contributed by atoms with Gasteiger partial charge < -0.3 is 0 Å². The van der Waals surface area contributed by atoms with Crippen LogP contribution in [-0.4, -0.2) is 14.7 Å². The lowest BCUT2D eigenvalue weighted by Crippen LogP contribution is -2.05. The minimum absolute atomic E-state index is 0.213. The standard InChI is InChI=1S/C18H13F3O2S/c1-24(22,23)18-16(20)9-12(10-17(18)21)15-7-3-6-14(15)11-4-2-5-13(19)8-11/h2,4-10H,3H2,1H3. The Morgan fingerprint density at radius 3 is 2.00 bits per heavy atom. The van der Waals surface area contributed by atoms with E-state index >= 15 is 0 Å². The maximum absolute atomic E-state index is 14.1. The van der Waals surface area contributed by atoms with Crippen molar-refractivity contribution in [3.05, 3.63) is 77.1 Å². The topological polar surface area (TPSA) is 34.1 Å². The van der Waals surface area contributed by atoms with Crippen molar-refractivity contribution < 1.29 is 21.6 Å². The van der Waals surface area contributed by atoms with Crippen molar-refractivity contribution >= 4 is 21.0 Å². The molecule has 1 aliphatic rings. The van der Waals surface area contributed by atoms with Crippen molar-refractivity contribution in [1.29, 1.82) is 0 Å². The van der Waals surface area contributed by atoms with Crippen molar-refractivity contribution in [1.82, 2.24) is 0 Å². The lowest BCUT2D eigenvalue weighted by atomic mass is 9.95. The molecule has 0 heterocycles. The highest BCUT2D eigenvalue weighted by Crippen LogP contribution is 2.37. The summed E-state index contributed by atoms with van der Waals surface area (Å²) in [6, 6.07) is 7.87. The highest BCUT2D eigenvalue weighted by Gasteiger charge is 2.23. The molecule has 3 rings (SSSR count). The molecule has 0 spiro atoms. The van der Waals surface area contributed by atoms with E-state index in [4.69, 9.17) is 0 Å². The van der Waals surface area contributed by atoms with E-state index in [-0.39, 0.29) is 5.56 Å². The summed E-state index contributed by atoms with van der Waals surface area (Å²) in [5, 5.41) is 0. The van der Waals surface area contributed by atoms with Gasteiger partial charge in [0.2, 0.25) is 0 Å². The summed E-state index contributed by atoms with van der Waals surface area (Å²) < 4.78 is 64.7. The van der Waals surface area contributed by atoms with Crippen molar-refractivity contribution in [2.45, 2.75) is 11.3 Å². The summed E-state index contributed by atoms with van der Waals surface area (Å²) in [4.78, 5) is -0.943. The first-order chi connectivity index (χ1) is 11.3. The van der Waals surface area contributed by atoms with Crippen LogP contribution in [0.2, 0.25) is 0 Å². The second-order valence-electron chi connectivity index (χ2n) is 5.52. The van der Waals surface area contributed by atoms with Crippen molar-refractivity contribution in [3.63, 3.8) is 0 Å². The van der Waals surface area contributed by atoms with Crippen LogP contribution in [0, 0.1) is 17.5 Å². The minimum Gasteiger partial charge on any atom is -0.224 e. The number of allylic oxidation sites excluding steroid dienone is 4. The van der Waals surface area contributed by atoms with Crippen LogP contribution < -0.4 is 0 Å². The third kappa shape index (κ3) is 3.01. The zero-order valence-corrected chi connectivity index (χ0v) is 13.5. The molecule has 24 heavy (non-hydrogen) atoms. The molecule has 0 N–H and O–H groups in total. The monoisotopic (exact) mass is 350 g/mol. The third-order valence-electron chi connectivity index (χ3n) is 3.75. The van der Waals surface area contributed by atoms with Gasteiger partial charge in [0.1, 0.15) is 22.3 Å². The Morgan fingerprint density at radius 1 is 0.875 bits per heavy atom. The third-order valence-corrected chi connectivity index (χ3v) is 4.88. The minimum atomic E-state index is -4.01. The van der Waals surface area contributed by atoms with Crippen LogP contribution in [-0.2, 0) is 9.84 Å². The molecule has 0 amide bonds. The molecular weight excluding hydrogens is 337 g/mol. The predicted octanol–water partition coefficient (Wildman–Crippen LogP) is 4.38. The Morgan fingerprint density at radius 2 is 1.46 bits per heavy atom. The number of halogens is 3. The van der Waals surface area contributed by atoms with Crippen LogP contribution in [0.3, 0.4) is 0 Å². The van der Waals surface area contributed by atoms with Gasteiger partial charge in [-0.05, 0) is 53.0 Å². The van der Waals surface area contributed by atoms with Gasteiger partial charge in [-0.2, -0.15) is 0 Å². The fourth-order valence-corrected chi connectivity index (χ4v) is 3.61. The number of rotatable bonds is 3. The van der Waals surface area contributed by atoms with E-state index in [9.17, 15) is 21.6 Å². The molecule has 0 atom stereocenters. The molecule has 6 heteroatoms. The second-order valence-corrected chi connectivity index (χ2v) is 7.48. The average Bonchev–Trinajstić information content (AvgIpc) is 2.94. The summed E-state index contributed by atoms with van der Waals surface area (Å²) in [6.07, 6.45) is 4.87. The molecule has 0 saturated carbocycles. The fraction of sp³-hybridized carbons (Fsp3) is 0.111. The Bertz CT molecular complexity index is 966. The quantitative estimate of drug-likeness (QED) is 0.823. The molecule has 124 valence electrons. The van der Waals surface area contributed by atoms with E-state index in [2.05, 4.69) is 0 Å². The van der Waals surface area contributed by atoms with Crippen molar-refractivity contribution in [3.8, 4) is 0 Å². The molecule has 0 aliphatic heterocycles. The van der Waals surface area contributed by atoms with Crippen LogP contribution in [0.4, 0.5) is 13.2 Å². The van der Waals surface area contributed by atoms with Crippen LogP contribution in [0.5, 0.6) is 0 Å². The normalized spacial score (nSPS) is 14.5. The van der Waals surface area contributed by atoms with Gasteiger partial charge in [-0.3, -0.25) is 0 Å². The summed E-state index contributed by atoms with van der Waals surface area (Å²) in [5.74, 6) is -2.69. The molecule has 0 fully saturated rings. The van der Waals surface area contributed by atoms with Crippen LogP contribution in [0.1, 0.15) is 17.5 Å². The van der Waals surface area contributed by atoms with Crippen molar-refractivity contribution in [2.75, 3.05) is 6.26 Å². The smallest absolute Gasteiger partial charge is 0.181 e. The maximum atomic E-state index is 14.1. The molecule has 2 nitrogen and oxygen atoms in total. The first-order valence-electron chi connectivity index (χ1n) is 7.13. The van der Waals surface area contributed by atoms with Crippen LogP contribution >= 0.6 is 0 Å². The summed E-state index contributed by atoms with van der Waals surface area (Å²) in [7, 11) is -4.01. The fourth-order valence-electron chi connectivity index (χ4n) is 2.79. The van der Waals surface area contributed by atoms with Gasteiger partial charge >= 0.3 is 0 Å². The van der Waals surface area contributed by atoms with Gasteiger partial charge in [-0.1, -0.05) is 24.3 Å². The number of sulfone groups is 1. The Kier molecular flexibility index (Phi) is 4.09. The van der Waals surface area contributed by atoms with Crippen LogP contribution in [0.25, 0.3) is 11.1 Å². The molecule has 2 aromatic rings. The van der Waals surface area contributed by atoms with E-state index in [1.807, 2.05) is 6.08 Å². The van der Waals surface area contributed by atoms with E-state index < -0.39 is 32.2 Å². The number of benzene rings is 2. The molecule has 1 aliphatic carbocycles. The molecule has 0 saturated heterocycles. The molecule has 0 radical (unpaired) electrons. The maximum Gasteiger partial charge on any atom is 0.181 e. The van der Waals surface area contributed by atoms with E-state index in [1.54, 1.807) is 18.2 Å². The van der Waals surface area contributed by atoms with Crippen LogP contribution in [0.15, 0.2) is 53.4 Å². The molecular formula is C18H13F3O2S. The zero-order valence-electron chi connectivity index (χ0n) is 12.7. The van der Waals surface area contributed by atoms with Gasteiger partial charge in [0, 0.05) is 6.26 Å². The predicted molar refractivity (Wildman–Crippen MR) is 86.4 cm³/mol. The van der Waals surface area contributed by atoms with Crippen molar-refractivity contribution in [2.24, 2.45) is 0 Å². The largest absolute Gasteiger partial charge is 0.224 e. The SMILES string of the molecule is CS(=O)(=O)c1c(F)cc(C2=CCC=C2c2cccc(F)c2)cc1F. The molecule has 0 bridgehead atoms. The van der Waals surface area contributed by atoms with Gasteiger partial charge in [-0.25, -0.2) is 21.6 Å². The van der Waals surface area contributed by atoms with Gasteiger partial charge in [0.05, 0.1) is 0 Å². The Labute approximate surface area is 137 Å². The van der Waals surface area contributed by atoms with Gasteiger partial charge in [-0.15, -0.1) is 0 Å². The Hall–Kier alpha value is -2.34. The molecule has 0 unspecified atom stereocenters.